The Morgan fingerprint density at radius 2 is 1.85 bits per heavy atom. The van der Waals surface area contributed by atoms with Crippen molar-refractivity contribution in [1.82, 2.24) is 9.13 Å². The van der Waals surface area contributed by atoms with Crippen LogP contribution in [0.5, 0.6) is 0 Å². The average molecular weight is 391 g/mol. The fourth-order valence-electron chi connectivity index (χ4n) is 2.50. The highest BCUT2D eigenvalue weighted by Gasteiger charge is 2.35. The maximum atomic E-state index is 14.4. The molecule has 0 aliphatic heterocycles. The van der Waals surface area contributed by atoms with Gasteiger partial charge in [0, 0.05) is 18.5 Å². The molecule has 0 N–H and O–H groups in total. The molecule has 11 heteroatoms. The van der Waals surface area contributed by atoms with E-state index in [4.69, 9.17) is 16.0 Å². The van der Waals surface area contributed by atoms with Crippen molar-refractivity contribution in [2.24, 2.45) is 7.05 Å². The van der Waals surface area contributed by atoms with E-state index in [9.17, 15) is 31.9 Å². The normalized spacial score (nSPS) is 11.9. The number of halogens is 5. The van der Waals surface area contributed by atoms with E-state index >= 15 is 0 Å². The number of carbonyl (C=O) groups excluding carboxylic acids is 1. The van der Waals surface area contributed by atoms with Crippen LogP contribution in [-0.2, 0) is 13.2 Å². The summed E-state index contributed by atoms with van der Waals surface area (Å²) in [6.45, 7) is 0. The van der Waals surface area contributed by atoms with E-state index in [-0.39, 0.29) is 37.7 Å². The first-order valence-corrected chi connectivity index (χ1v) is 7.21. The molecule has 0 unspecified atom stereocenters. The zero-order valence-corrected chi connectivity index (χ0v) is 13.5. The molecule has 0 fully saturated rings. The topological polar surface area (TPSA) is 74.2 Å². The standard InChI is InChI=1S/C15H7ClF4N2O4/c1-21-10(15(18,19)20)4-11(24)22(14(21)25)12-9(17)3-8(16)7-2-6(5-23)26-13(7)12/h2-5H,1H3. The minimum atomic E-state index is -4.96. The summed E-state index contributed by atoms with van der Waals surface area (Å²) in [5.74, 6) is -1.46. The Labute approximate surface area is 145 Å². The van der Waals surface area contributed by atoms with Crippen molar-refractivity contribution in [2.45, 2.75) is 6.18 Å². The predicted molar refractivity (Wildman–Crippen MR) is 82.4 cm³/mol. The molecule has 1 aromatic carbocycles. The lowest BCUT2D eigenvalue weighted by Crippen LogP contribution is -2.41. The second-order valence-electron chi connectivity index (χ2n) is 5.24. The third-order valence-electron chi connectivity index (χ3n) is 3.65. The fraction of sp³-hybridized carbons (Fsp3) is 0.133. The van der Waals surface area contributed by atoms with Crippen LogP contribution in [0.25, 0.3) is 16.7 Å². The van der Waals surface area contributed by atoms with Crippen LogP contribution in [0.2, 0.25) is 5.02 Å². The molecule has 0 atom stereocenters. The van der Waals surface area contributed by atoms with Gasteiger partial charge in [-0.25, -0.2) is 13.8 Å². The summed E-state index contributed by atoms with van der Waals surface area (Å²) in [5, 5.41) is -0.158. The highest BCUT2D eigenvalue weighted by Crippen LogP contribution is 2.33. The van der Waals surface area contributed by atoms with Gasteiger partial charge in [0.2, 0.25) is 0 Å². The van der Waals surface area contributed by atoms with Crippen molar-refractivity contribution in [2.75, 3.05) is 0 Å². The molecule has 0 aliphatic carbocycles. The molecular formula is C15H7ClF4N2O4. The van der Waals surface area contributed by atoms with Crippen LogP contribution >= 0.6 is 11.6 Å². The van der Waals surface area contributed by atoms with Crippen LogP contribution in [0.15, 0.2) is 32.2 Å². The minimum Gasteiger partial charge on any atom is -0.451 e. The van der Waals surface area contributed by atoms with Crippen molar-refractivity contribution in [3.8, 4) is 5.69 Å². The van der Waals surface area contributed by atoms with Crippen LogP contribution in [-0.4, -0.2) is 15.4 Å². The summed E-state index contributed by atoms with van der Waals surface area (Å²) in [4.78, 5) is 35.4. The maximum absolute atomic E-state index is 14.4. The van der Waals surface area contributed by atoms with Crippen LogP contribution < -0.4 is 11.2 Å². The Morgan fingerprint density at radius 1 is 1.19 bits per heavy atom. The summed E-state index contributed by atoms with van der Waals surface area (Å²) in [7, 11) is 0.783. The van der Waals surface area contributed by atoms with E-state index in [1.807, 2.05) is 0 Å². The van der Waals surface area contributed by atoms with E-state index in [0.717, 1.165) is 19.2 Å². The first-order valence-electron chi connectivity index (χ1n) is 6.83. The lowest BCUT2D eigenvalue weighted by Gasteiger charge is -2.14. The SMILES string of the molecule is Cn1c(C(F)(F)F)cc(=O)n(-c2c(F)cc(Cl)c3cc(C=O)oc23)c1=O. The summed E-state index contributed by atoms with van der Waals surface area (Å²) in [6.07, 6.45) is -4.68. The molecule has 0 amide bonds. The molecule has 2 heterocycles. The second-order valence-corrected chi connectivity index (χ2v) is 5.65. The number of furan rings is 1. The van der Waals surface area contributed by atoms with Gasteiger partial charge >= 0.3 is 11.9 Å². The van der Waals surface area contributed by atoms with Crippen LogP contribution in [0.1, 0.15) is 16.2 Å². The Kier molecular flexibility index (Phi) is 4.02. The summed E-state index contributed by atoms with van der Waals surface area (Å²) in [5.41, 5.74) is -5.53. The summed E-state index contributed by atoms with van der Waals surface area (Å²) < 4.78 is 58.6. The van der Waals surface area contributed by atoms with Crippen molar-refractivity contribution in [3.05, 3.63) is 61.3 Å². The Morgan fingerprint density at radius 3 is 2.42 bits per heavy atom. The minimum absolute atomic E-state index is 0.0130. The largest absolute Gasteiger partial charge is 0.451 e. The van der Waals surface area contributed by atoms with Crippen molar-refractivity contribution in [1.29, 1.82) is 0 Å². The number of fused-ring (bicyclic) bond motifs is 1. The molecule has 0 radical (unpaired) electrons. The Bertz CT molecular complexity index is 1170. The van der Waals surface area contributed by atoms with Crippen molar-refractivity contribution in [3.63, 3.8) is 0 Å². The molecule has 3 rings (SSSR count). The van der Waals surface area contributed by atoms with Crippen LogP contribution in [0.4, 0.5) is 17.6 Å². The molecule has 0 aliphatic rings. The van der Waals surface area contributed by atoms with Crippen LogP contribution in [0, 0.1) is 5.82 Å². The maximum Gasteiger partial charge on any atom is 0.431 e. The third-order valence-corrected chi connectivity index (χ3v) is 3.97. The van der Waals surface area contributed by atoms with Gasteiger partial charge in [-0.2, -0.15) is 13.2 Å². The molecular weight excluding hydrogens is 384 g/mol. The molecule has 0 saturated heterocycles. The van der Waals surface area contributed by atoms with Gasteiger partial charge in [0.25, 0.3) is 5.56 Å². The second kappa shape index (κ2) is 5.84. The molecule has 6 nitrogen and oxygen atoms in total. The third kappa shape index (κ3) is 2.62. The van der Waals surface area contributed by atoms with Gasteiger partial charge in [-0.3, -0.25) is 14.2 Å². The number of benzene rings is 1. The number of hydrogen-bond acceptors (Lipinski definition) is 4. The van der Waals surface area contributed by atoms with E-state index < -0.39 is 40.2 Å². The van der Waals surface area contributed by atoms with Crippen molar-refractivity contribution < 1.29 is 26.8 Å². The summed E-state index contributed by atoms with van der Waals surface area (Å²) in [6, 6.07) is 2.06. The molecule has 2 aromatic heterocycles. The quantitative estimate of drug-likeness (QED) is 0.498. The number of carbonyl (C=O) groups is 1. The van der Waals surface area contributed by atoms with E-state index in [1.165, 1.54) is 0 Å². The molecule has 0 bridgehead atoms. The first-order chi connectivity index (χ1) is 12.1. The Balaban J connectivity index is 2.48. The number of aldehydes is 1. The number of alkyl halides is 3. The average Bonchev–Trinajstić information content (AvgIpc) is 2.97. The molecule has 3 aromatic rings. The number of hydrogen-bond donors (Lipinski definition) is 0. The number of rotatable bonds is 2. The number of nitrogens with zero attached hydrogens (tertiary/aromatic N) is 2. The van der Waals surface area contributed by atoms with Gasteiger partial charge < -0.3 is 4.42 Å². The van der Waals surface area contributed by atoms with Gasteiger partial charge in [0.1, 0.15) is 11.4 Å². The highest BCUT2D eigenvalue weighted by molar-refractivity contribution is 6.35. The lowest BCUT2D eigenvalue weighted by atomic mass is 10.2. The van der Waals surface area contributed by atoms with Gasteiger partial charge in [-0.1, -0.05) is 11.6 Å². The van der Waals surface area contributed by atoms with Gasteiger partial charge in [0.15, 0.2) is 23.4 Å². The highest BCUT2D eigenvalue weighted by atomic mass is 35.5. The summed E-state index contributed by atoms with van der Waals surface area (Å²) >= 11 is 5.85. The predicted octanol–water partition coefficient (Wildman–Crippen LogP) is 2.91. The van der Waals surface area contributed by atoms with E-state index in [2.05, 4.69) is 0 Å². The lowest BCUT2D eigenvalue weighted by molar-refractivity contribution is -0.144. The molecule has 136 valence electrons. The number of aromatic nitrogens is 2. The first kappa shape index (κ1) is 17.9. The van der Waals surface area contributed by atoms with Crippen LogP contribution in [0.3, 0.4) is 0 Å². The molecule has 0 spiro atoms. The zero-order chi connectivity index (χ0) is 19.4. The van der Waals surface area contributed by atoms with E-state index in [1.54, 1.807) is 0 Å². The smallest absolute Gasteiger partial charge is 0.431 e. The fourth-order valence-corrected chi connectivity index (χ4v) is 2.74. The molecule has 0 saturated carbocycles. The van der Waals surface area contributed by atoms with E-state index in [0.29, 0.717) is 0 Å². The van der Waals surface area contributed by atoms with Gasteiger partial charge in [-0.15, -0.1) is 0 Å². The molecule has 26 heavy (non-hydrogen) atoms. The zero-order valence-electron chi connectivity index (χ0n) is 12.7. The van der Waals surface area contributed by atoms with Gasteiger partial charge in [0.05, 0.1) is 5.02 Å². The van der Waals surface area contributed by atoms with Crippen molar-refractivity contribution >= 4 is 28.9 Å². The van der Waals surface area contributed by atoms with Gasteiger partial charge in [-0.05, 0) is 12.1 Å². The monoisotopic (exact) mass is 390 g/mol. The Hall–Kier alpha value is -2.88.